The summed E-state index contributed by atoms with van der Waals surface area (Å²) in [7, 11) is 0. The third kappa shape index (κ3) is 4.87. The van der Waals surface area contributed by atoms with E-state index in [1.54, 1.807) is 6.07 Å². The number of hydrogen-bond acceptors (Lipinski definition) is 2. The van der Waals surface area contributed by atoms with Crippen LogP contribution in [0.3, 0.4) is 0 Å². The second-order valence-corrected chi connectivity index (χ2v) is 9.60. The highest BCUT2D eigenvalue weighted by molar-refractivity contribution is 6.35. The first-order valence-corrected chi connectivity index (χ1v) is 12.0. The van der Waals surface area contributed by atoms with Crippen molar-refractivity contribution in [3.05, 3.63) is 45.6 Å². The first-order valence-electron chi connectivity index (χ1n) is 11.2. The highest BCUT2D eigenvalue weighted by Gasteiger charge is 2.24. The van der Waals surface area contributed by atoms with E-state index in [0.717, 1.165) is 55.0 Å². The molecule has 1 aromatic carbocycles. The van der Waals surface area contributed by atoms with Gasteiger partial charge >= 0.3 is 0 Å². The van der Waals surface area contributed by atoms with Gasteiger partial charge in [-0.25, -0.2) is 5.01 Å². The highest BCUT2D eigenvalue weighted by Crippen LogP contribution is 2.35. The molecule has 1 aliphatic carbocycles. The zero-order valence-electron chi connectivity index (χ0n) is 17.7. The van der Waals surface area contributed by atoms with E-state index in [9.17, 15) is 4.79 Å². The molecule has 2 fully saturated rings. The van der Waals surface area contributed by atoms with Crippen LogP contribution < -0.4 is 5.43 Å². The zero-order valence-corrected chi connectivity index (χ0v) is 19.2. The number of amides is 1. The molecule has 4 nitrogen and oxygen atoms in total. The number of piperidine rings is 1. The molecule has 0 radical (unpaired) electrons. The first kappa shape index (κ1) is 21.7. The van der Waals surface area contributed by atoms with Crippen LogP contribution in [-0.2, 0) is 6.54 Å². The molecule has 0 atom stereocenters. The number of hydrogen-bond donors (Lipinski definition) is 1. The lowest BCUT2D eigenvalue weighted by Crippen LogP contribution is -2.45. The Labute approximate surface area is 189 Å². The molecule has 2 aromatic rings. The van der Waals surface area contributed by atoms with E-state index < -0.39 is 0 Å². The van der Waals surface area contributed by atoms with Crippen LogP contribution in [0.2, 0.25) is 10.0 Å². The topological polar surface area (TPSA) is 37.3 Å². The quantitative estimate of drug-likeness (QED) is 0.568. The largest absolute Gasteiger partial charge is 0.344 e. The summed E-state index contributed by atoms with van der Waals surface area (Å²) >= 11 is 12.9. The van der Waals surface area contributed by atoms with Gasteiger partial charge in [0.1, 0.15) is 0 Å². The van der Waals surface area contributed by atoms with Crippen molar-refractivity contribution in [2.75, 3.05) is 13.1 Å². The molecule has 0 spiro atoms. The van der Waals surface area contributed by atoms with Crippen molar-refractivity contribution in [3.63, 3.8) is 0 Å². The molecule has 6 heteroatoms. The average molecular weight is 448 g/mol. The Balaban J connectivity index is 1.68. The zero-order chi connectivity index (χ0) is 21.1. The van der Waals surface area contributed by atoms with E-state index in [2.05, 4.69) is 21.9 Å². The van der Waals surface area contributed by atoms with E-state index in [-0.39, 0.29) is 5.91 Å². The molecule has 1 amide bonds. The maximum absolute atomic E-state index is 13.1. The van der Waals surface area contributed by atoms with Crippen molar-refractivity contribution in [2.45, 2.75) is 64.8 Å². The minimum atomic E-state index is -0.0313. The molecule has 4 rings (SSSR count). The normalized spacial score (nSPS) is 18.5. The van der Waals surface area contributed by atoms with Crippen molar-refractivity contribution in [1.29, 1.82) is 0 Å². The van der Waals surface area contributed by atoms with Crippen molar-refractivity contribution in [2.24, 2.45) is 5.92 Å². The van der Waals surface area contributed by atoms with Crippen LogP contribution in [0, 0.1) is 12.8 Å². The van der Waals surface area contributed by atoms with Crippen LogP contribution in [-0.4, -0.2) is 28.6 Å². The van der Waals surface area contributed by atoms with Gasteiger partial charge in [-0.3, -0.25) is 10.2 Å². The highest BCUT2D eigenvalue weighted by atomic mass is 35.5. The van der Waals surface area contributed by atoms with Gasteiger partial charge in [-0.05, 0) is 62.8 Å². The van der Waals surface area contributed by atoms with E-state index in [1.165, 1.54) is 38.5 Å². The van der Waals surface area contributed by atoms with Crippen molar-refractivity contribution < 1.29 is 4.79 Å². The molecule has 0 bridgehead atoms. The lowest BCUT2D eigenvalue weighted by molar-refractivity contribution is 0.0749. The van der Waals surface area contributed by atoms with E-state index in [0.29, 0.717) is 16.0 Å². The minimum absolute atomic E-state index is 0.0313. The first-order chi connectivity index (χ1) is 14.5. The number of halogens is 2. The molecule has 30 heavy (non-hydrogen) atoms. The van der Waals surface area contributed by atoms with Gasteiger partial charge in [0.15, 0.2) is 0 Å². The summed E-state index contributed by atoms with van der Waals surface area (Å²) in [4.78, 5) is 13.1. The van der Waals surface area contributed by atoms with Crippen molar-refractivity contribution in [3.8, 4) is 11.3 Å². The van der Waals surface area contributed by atoms with Gasteiger partial charge in [0.25, 0.3) is 5.91 Å². The molecule has 1 saturated heterocycles. The van der Waals surface area contributed by atoms with Crippen LogP contribution in [0.5, 0.6) is 0 Å². The summed E-state index contributed by atoms with van der Waals surface area (Å²) in [5.41, 5.74) is 6.72. The Hall–Kier alpha value is -1.49. The Kier molecular flexibility index (Phi) is 7.07. The van der Waals surface area contributed by atoms with Crippen LogP contribution in [0.15, 0.2) is 24.3 Å². The van der Waals surface area contributed by atoms with Gasteiger partial charge in [0.05, 0.1) is 11.3 Å². The number of nitrogens with zero attached hydrogens (tertiary/aromatic N) is 2. The second-order valence-electron chi connectivity index (χ2n) is 8.76. The molecule has 1 saturated carbocycles. The summed E-state index contributed by atoms with van der Waals surface area (Å²) in [5.74, 6) is 0.607. The number of nitrogens with one attached hydrogen (secondary N) is 1. The van der Waals surface area contributed by atoms with Gasteiger partial charge < -0.3 is 4.57 Å². The fourth-order valence-electron chi connectivity index (χ4n) is 4.86. The van der Waals surface area contributed by atoms with Crippen LogP contribution in [0.4, 0.5) is 0 Å². The van der Waals surface area contributed by atoms with Crippen LogP contribution >= 0.6 is 23.2 Å². The number of aromatic nitrogens is 1. The van der Waals surface area contributed by atoms with Gasteiger partial charge in [-0.2, -0.15) is 0 Å². The Morgan fingerprint density at radius 1 is 1.03 bits per heavy atom. The predicted octanol–water partition coefficient (Wildman–Crippen LogP) is 6.48. The number of rotatable bonds is 5. The Morgan fingerprint density at radius 3 is 2.47 bits per heavy atom. The maximum Gasteiger partial charge on any atom is 0.267 e. The number of carbonyl (C=O) groups excluding carboxylic acids is 1. The van der Waals surface area contributed by atoms with Gasteiger partial charge in [-0.1, -0.05) is 48.9 Å². The molecular formula is C24H31Cl2N3O. The summed E-state index contributed by atoms with van der Waals surface area (Å²) in [6, 6.07) is 7.54. The van der Waals surface area contributed by atoms with E-state index in [1.807, 2.05) is 18.2 Å². The molecule has 2 heterocycles. The molecule has 2 aliphatic rings. The van der Waals surface area contributed by atoms with Gasteiger partial charge in [0, 0.05) is 40.9 Å². The molecule has 1 aromatic heterocycles. The summed E-state index contributed by atoms with van der Waals surface area (Å²) in [5, 5.41) is 3.36. The lowest BCUT2D eigenvalue weighted by Gasteiger charge is -2.27. The Bertz CT molecular complexity index is 896. The molecule has 1 aliphatic heterocycles. The summed E-state index contributed by atoms with van der Waals surface area (Å²) in [6.45, 7) is 4.80. The number of carbonyl (C=O) groups is 1. The van der Waals surface area contributed by atoms with Crippen LogP contribution in [0.1, 0.15) is 67.4 Å². The average Bonchev–Trinajstić information content (AvgIpc) is 3.07. The number of hydrazine groups is 1. The lowest BCUT2D eigenvalue weighted by atomic mass is 9.89. The van der Waals surface area contributed by atoms with Crippen molar-refractivity contribution in [1.82, 2.24) is 15.0 Å². The second kappa shape index (κ2) is 9.76. The molecule has 162 valence electrons. The Morgan fingerprint density at radius 2 is 1.73 bits per heavy atom. The monoisotopic (exact) mass is 447 g/mol. The third-order valence-electron chi connectivity index (χ3n) is 6.60. The third-order valence-corrected chi connectivity index (χ3v) is 7.16. The van der Waals surface area contributed by atoms with Crippen LogP contribution in [0.25, 0.3) is 11.3 Å². The smallest absolute Gasteiger partial charge is 0.267 e. The van der Waals surface area contributed by atoms with Gasteiger partial charge in [0.2, 0.25) is 0 Å². The van der Waals surface area contributed by atoms with Crippen molar-refractivity contribution >= 4 is 29.1 Å². The minimum Gasteiger partial charge on any atom is -0.344 e. The van der Waals surface area contributed by atoms with E-state index in [4.69, 9.17) is 23.2 Å². The maximum atomic E-state index is 13.1. The number of benzene rings is 1. The standard InChI is InChI=1S/C24H31Cl2N3O/c1-17-20(24(30)27-28-12-6-3-7-13-28)15-23(21-14-19(25)10-11-22(21)26)29(17)16-18-8-4-2-5-9-18/h10-11,14-15,18H,2-9,12-13,16H2,1H3,(H,27,30). The molecule has 1 N–H and O–H groups in total. The fourth-order valence-corrected chi connectivity index (χ4v) is 5.25. The predicted molar refractivity (Wildman–Crippen MR) is 124 cm³/mol. The fraction of sp³-hybridized carbons (Fsp3) is 0.542. The SMILES string of the molecule is Cc1c(C(=O)NN2CCCCC2)cc(-c2cc(Cl)ccc2Cl)n1CC1CCCCC1. The van der Waals surface area contributed by atoms with Gasteiger partial charge in [-0.15, -0.1) is 0 Å². The summed E-state index contributed by atoms with van der Waals surface area (Å²) < 4.78 is 2.29. The molecule has 0 unspecified atom stereocenters. The summed E-state index contributed by atoms with van der Waals surface area (Å²) in [6.07, 6.45) is 9.90. The van der Waals surface area contributed by atoms with E-state index >= 15 is 0 Å². The molecular weight excluding hydrogens is 417 g/mol.